The Morgan fingerprint density at radius 1 is 1.13 bits per heavy atom. The van der Waals surface area contributed by atoms with E-state index in [0.29, 0.717) is 17.4 Å². The van der Waals surface area contributed by atoms with Crippen molar-refractivity contribution >= 4 is 22.2 Å². The Morgan fingerprint density at radius 2 is 1.87 bits per heavy atom. The number of thiazole rings is 1. The second kappa shape index (κ2) is 6.79. The minimum Gasteiger partial charge on any atom is -0.494 e. The summed E-state index contributed by atoms with van der Waals surface area (Å²) in [7, 11) is 0. The maximum absolute atomic E-state index is 13.7. The van der Waals surface area contributed by atoms with Crippen LogP contribution in [-0.4, -0.2) is 11.6 Å². The molecular weight excluding hydrogens is 311 g/mol. The van der Waals surface area contributed by atoms with Crippen LogP contribution < -0.4 is 10.1 Å². The van der Waals surface area contributed by atoms with Crippen molar-refractivity contribution in [1.82, 2.24) is 4.98 Å². The van der Waals surface area contributed by atoms with Gasteiger partial charge in [-0.05, 0) is 50.2 Å². The first-order valence-corrected chi connectivity index (χ1v) is 8.21. The lowest BCUT2D eigenvalue weighted by Gasteiger charge is -2.04. The van der Waals surface area contributed by atoms with Gasteiger partial charge in [-0.1, -0.05) is 12.1 Å². The number of aryl methyl sites for hydroxylation is 1. The summed E-state index contributed by atoms with van der Waals surface area (Å²) in [5.74, 6) is 0.553. The van der Waals surface area contributed by atoms with Gasteiger partial charge in [-0.2, -0.15) is 0 Å². The van der Waals surface area contributed by atoms with Gasteiger partial charge in [0.25, 0.3) is 0 Å². The largest absolute Gasteiger partial charge is 0.494 e. The standard InChI is InChI=1S/C18H17FN2OS/c1-3-22-14-10-8-13(9-11-14)17-12(2)23-18(21-17)20-16-7-5-4-6-15(16)19/h4-11H,3H2,1-2H3,(H,20,21). The van der Waals surface area contributed by atoms with Gasteiger partial charge in [-0.25, -0.2) is 9.37 Å². The van der Waals surface area contributed by atoms with Crippen molar-refractivity contribution in [2.45, 2.75) is 13.8 Å². The second-order valence-electron chi connectivity index (χ2n) is 4.99. The van der Waals surface area contributed by atoms with E-state index in [1.54, 1.807) is 18.2 Å². The average molecular weight is 328 g/mol. The molecule has 0 fully saturated rings. The monoisotopic (exact) mass is 328 g/mol. The van der Waals surface area contributed by atoms with E-state index >= 15 is 0 Å². The number of ether oxygens (including phenoxy) is 1. The summed E-state index contributed by atoms with van der Waals surface area (Å²) in [6.45, 7) is 4.61. The van der Waals surface area contributed by atoms with E-state index < -0.39 is 0 Å². The number of hydrogen-bond acceptors (Lipinski definition) is 4. The Hall–Kier alpha value is -2.40. The number of nitrogens with one attached hydrogen (secondary N) is 1. The summed E-state index contributed by atoms with van der Waals surface area (Å²) in [6.07, 6.45) is 0. The number of anilines is 2. The summed E-state index contributed by atoms with van der Waals surface area (Å²) in [5.41, 5.74) is 2.35. The van der Waals surface area contributed by atoms with Gasteiger partial charge in [0, 0.05) is 10.4 Å². The van der Waals surface area contributed by atoms with E-state index in [4.69, 9.17) is 4.74 Å². The van der Waals surface area contributed by atoms with Gasteiger partial charge in [0.05, 0.1) is 18.0 Å². The van der Waals surface area contributed by atoms with Crippen LogP contribution in [0.3, 0.4) is 0 Å². The highest BCUT2D eigenvalue weighted by Gasteiger charge is 2.11. The predicted octanol–water partition coefficient (Wildman–Crippen LogP) is 5.40. The van der Waals surface area contributed by atoms with Gasteiger partial charge in [0.15, 0.2) is 5.13 Å². The van der Waals surface area contributed by atoms with E-state index in [2.05, 4.69) is 10.3 Å². The summed E-state index contributed by atoms with van der Waals surface area (Å²) in [6, 6.07) is 14.4. The fourth-order valence-corrected chi connectivity index (χ4v) is 3.12. The Kier molecular flexibility index (Phi) is 4.57. The summed E-state index contributed by atoms with van der Waals surface area (Å²) in [5, 5.41) is 3.72. The van der Waals surface area contributed by atoms with Gasteiger partial charge >= 0.3 is 0 Å². The molecule has 23 heavy (non-hydrogen) atoms. The number of rotatable bonds is 5. The van der Waals surface area contributed by atoms with E-state index in [9.17, 15) is 4.39 Å². The van der Waals surface area contributed by atoms with Crippen molar-refractivity contribution in [3.8, 4) is 17.0 Å². The molecule has 3 aromatic rings. The third-order valence-corrected chi connectivity index (χ3v) is 4.24. The van der Waals surface area contributed by atoms with Gasteiger partial charge in [0.1, 0.15) is 11.6 Å². The first kappa shape index (κ1) is 15.5. The number of hydrogen-bond donors (Lipinski definition) is 1. The van der Waals surface area contributed by atoms with Crippen LogP contribution in [0.15, 0.2) is 48.5 Å². The predicted molar refractivity (Wildman–Crippen MR) is 93.1 cm³/mol. The van der Waals surface area contributed by atoms with Gasteiger partial charge in [-0.3, -0.25) is 0 Å². The zero-order valence-electron chi connectivity index (χ0n) is 13.0. The topological polar surface area (TPSA) is 34.1 Å². The molecule has 1 aromatic heterocycles. The minimum atomic E-state index is -0.289. The molecule has 0 bridgehead atoms. The molecule has 0 radical (unpaired) electrons. The first-order chi connectivity index (χ1) is 11.2. The number of benzene rings is 2. The Labute approximate surface area is 138 Å². The van der Waals surface area contributed by atoms with E-state index in [1.807, 2.05) is 38.1 Å². The second-order valence-corrected chi connectivity index (χ2v) is 6.19. The SMILES string of the molecule is CCOc1ccc(-c2nc(Nc3ccccc3F)sc2C)cc1. The quantitative estimate of drug-likeness (QED) is 0.681. The van der Waals surface area contributed by atoms with Crippen LogP contribution >= 0.6 is 11.3 Å². The Morgan fingerprint density at radius 3 is 2.57 bits per heavy atom. The van der Waals surface area contributed by atoms with Crippen LogP contribution in [-0.2, 0) is 0 Å². The lowest BCUT2D eigenvalue weighted by Crippen LogP contribution is -1.93. The van der Waals surface area contributed by atoms with Crippen molar-refractivity contribution < 1.29 is 9.13 Å². The van der Waals surface area contributed by atoms with Crippen LogP contribution in [0.5, 0.6) is 5.75 Å². The third-order valence-electron chi connectivity index (χ3n) is 3.35. The Balaban J connectivity index is 1.84. The summed E-state index contributed by atoms with van der Waals surface area (Å²) >= 11 is 1.51. The van der Waals surface area contributed by atoms with Crippen LogP contribution in [0.4, 0.5) is 15.2 Å². The minimum absolute atomic E-state index is 0.289. The highest BCUT2D eigenvalue weighted by Crippen LogP contribution is 2.33. The summed E-state index contributed by atoms with van der Waals surface area (Å²) in [4.78, 5) is 5.67. The molecule has 3 rings (SSSR count). The number of halogens is 1. The molecule has 0 spiro atoms. The van der Waals surface area contributed by atoms with E-state index in [0.717, 1.165) is 21.9 Å². The first-order valence-electron chi connectivity index (χ1n) is 7.39. The Bertz CT molecular complexity index is 799. The molecule has 1 heterocycles. The maximum atomic E-state index is 13.7. The molecule has 0 aliphatic carbocycles. The molecule has 0 unspecified atom stereocenters. The highest BCUT2D eigenvalue weighted by molar-refractivity contribution is 7.16. The lowest BCUT2D eigenvalue weighted by molar-refractivity contribution is 0.340. The van der Waals surface area contributed by atoms with Crippen molar-refractivity contribution in [2.75, 3.05) is 11.9 Å². The average Bonchev–Trinajstić information content (AvgIpc) is 2.91. The molecule has 0 aliphatic heterocycles. The van der Waals surface area contributed by atoms with Crippen LogP contribution in [0, 0.1) is 12.7 Å². The highest BCUT2D eigenvalue weighted by atomic mass is 32.1. The number of nitrogens with zero attached hydrogens (tertiary/aromatic N) is 1. The zero-order chi connectivity index (χ0) is 16.2. The molecule has 1 N–H and O–H groups in total. The molecule has 0 saturated carbocycles. The molecule has 118 valence electrons. The molecule has 0 saturated heterocycles. The smallest absolute Gasteiger partial charge is 0.188 e. The molecule has 2 aromatic carbocycles. The number of aromatic nitrogens is 1. The van der Waals surface area contributed by atoms with Crippen LogP contribution in [0.2, 0.25) is 0 Å². The lowest BCUT2D eigenvalue weighted by atomic mass is 10.1. The van der Waals surface area contributed by atoms with Crippen molar-refractivity contribution in [3.63, 3.8) is 0 Å². The maximum Gasteiger partial charge on any atom is 0.188 e. The van der Waals surface area contributed by atoms with Gasteiger partial charge in [0.2, 0.25) is 0 Å². The van der Waals surface area contributed by atoms with Crippen molar-refractivity contribution in [1.29, 1.82) is 0 Å². The molecule has 5 heteroatoms. The van der Waals surface area contributed by atoms with Gasteiger partial charge in [-0.15, -0.1) is 11.3 Å². The molecule has 0 amide bonds. The molecule has 0 aliphatic rings. The van der Waals surface area contributed by atoms with Crippen LogP contribution in [0.1, 0.15) is 11.8 Å². The summed E-state index contributed by atoms with van der Waals surface area (Å²) < 4.78 is 19.2. The van der Waals surface area contributed by atoms with Crippen molar-refractivity contribution in [2.24, 2.45) is 0 Å². The van der Waals surface area contributed by atoms with Gasteiger partial charge < -0.3 is 10.1 Å². The van der Waals surface area contributed by atoms with Crippen LogP contribution in [0.25, 0.3) is 11.3 Å². The van der Waals surface area contributed by atoms with E-state index in [-0.39, 0.29) is 5.82 Å². The van der Waals surface area contributed by atoms with E-state index in [1.165, 1.54) is 17.4 Å². The fraction of sp³-hybridized carbons (Fsp3) is 0.167. The zero-order valence-corrected chi connectivity index (χ0v) is 13.8. The molecule has 0 atom stereocenters. The molecule has 3 nitrogen and oxygen atoms in total. The molecular formula is C18H17FN2OS. The normalized spacial score (nSPS) is 10.6. The number of para-hydroxylation sites is 1. The van der Waals surface area contributed by atoms with Crippen molar-refractivity contribution in [3.05, 3.63) is 59.2 Å². The third kappa shape index (κ3) is 3.51. The fourth-order valence-electron chi connectivity index (χ4n) is 2.27.